The highest BCUT2D eigenvalue weighted by Gasteiger charge is 2.22. The van der Waals surface area contributed by atoms with Crippen molar-refractivity contribution >= 4 is 5.91 Å². The molecule has 0 radical (unpaired) electrons. The number of hydrogen-bond donors (Lipinski definition) is 2. The Labute approximate surface area is 111 Å². The van der Waals surface area contributed by atoms with Crippen molar-refractivity contribution in [3.8, 4) is 0 Å². The molecule has 0 aromatic rings. The van der Waals surface area contributed by atoms with E-state index in [-0.39, 0.29) is 5.91 Å². The van der Waals surface area contributed by atoms with Gasteiger partial charge in [-0.3, -0.25) is 4.79 Å². The predicted octanol–water partition coefficient (Wildman–Crippen LogP) is 1.08. The lowest BCUT2D eigenvalue weighted by molar-refractivity contribution is -0.120. The molecule has 0 aromatic heterocycles. The van der Waals surface area contributed by atoms with Crippen molar-refractivity contribution in [2.24, 2.45) is 11.8 Å². The number of nitrogens with one attached hydrogen (secondary N) is 2. The van der Waals surface area contributed by atoms with Crippen LogP contribution in [0.2, 0.25) is 0 Å². The molecule has 1 rings (SSSR count). The lowest BCUT2D eigenvalue weighted by Crippen LogP contribution is -2.44. The lowest BCUT2D eigenvalue weighted by atomic mass is 9.90. The van der Waals surface area contributed by atoms with Crippen molar-refractivity contribution in [3.63, 3.8) is 0 Å². The monoisotopic (exact) mass is 255 g/mol. The number of likely N-dealkylation sites (tertiary alicyclic amines) is 1. The van der Waals surface area contributed by atoms with Crippen LogP contribution in [0.15, 0.2) is 0 Å². The molecule has 1 fully saturated rings. The van der Waals surface area contributed by atoms with E-state index in [0.717, 1.165) is 6.54 Å². The predicted molar refractivity (Wildman–Crippen MR) is 75.5 cm³/mol. The molecule has 0 bridgehead atoms. The summed E-state index contributed by atoms with van der Waals surface area (Å²) >= 11 is 0. The summed E-state index contributed by atoms with van der Waals surface area (Å²) in [7, 11) is 2.17. The first-order valence-corrected chi connectivity index (χ1v) is 7.17. The molecule has 0 aromatic carbocycles. The van der Waals surface area contributed by atoms with Gasteiger partial charge in [-0.1, -0.05) is 13.8 Å². The molecular formula is C14H29N3O. The Morgan fingerprint density at radius 1 is 1.28 bits per heavy atom. The topological polar surface area (TPSA) is 44.4 Å². The van der Waals surface area contributed by atoms with E-state index in [4.69, 9.17) is 0 Å². The highest BCUT2D eigenvalue weighted by atomic mass is 16.1. The maximum atomic E-state index is 11.6. The summed E-state index contributed by atoms with van der Waals surface area (Å²) in [5, 5.41) is 6.30. The summed E-state index contributed by atoms with van der Waals surface area (Å²) in [6, 6.07) is 0.434. The third-order valence-corrected chi connectivity index (χ3v) is 3.76. The van der Waals surface area contributed by atoms with Crippen LogP contribution in [0.1, 0.15) is 33.6 Å². The minimum Gasteiger partial charge on any atom is -0.355 e. The third kappa shape index (κ3) is 5.83. The molecular weight excluding hydrogens is 226 g/mol. The number of nitrogens with zero attached hydrogens (tertiary/aromatic N) is 1. The average molecular weight is 255 g/mol. The maximum absolute atomic E-state index is 11.6. The molecule has 1 heterocycles. The second-order valence-corrected chi connectivity index (χ2v) is 6.01. The molecule has 4 heteroatoms. The van der Waals surface area contributed by atoms with Gasteiger partial charge < -0.3 is 15.5 Å². The van der Waals surface area contributed by atoms with Gasteiger partial charge in [0.2, 0.25) is 5.91 Å². The van der Waals surface area contributed by atoms with Crippen molar-refractivity contribution in [2.75, 3.05) is 33.2 Å². The quantitative estimate of drug-likeness (QED) is 0.746. The minimum atomic E-state index is 0.114. The number of hydrogen-bond acceptors (Lipinski definition) is 3. The van der Waals surface area contributed by atoms with Gasteiger partial charge in [-0.05, 0) is 51.7 Å². The van der Waals surface area contributed by atoms with E-state index in [9.17, 15) is 4.79 Å². The molecule has 0 saturated carbocycles. The van der Waals surface area contributed by atoms with Crippen molar-refractivity contribution < 1.29 is 4.79 Å². The van der Waals surface area contributed by atoms with Crippen LogP contribution in [0, 0.1) is 11.8 Å². The summed E-state index contributed by atoms with van der Waals surface area (Å²) in [5.41, 5.74) is 0. The number of rotatable bonds is 6. The Kier molecular flexibility index (Phi) is 6.65. The van der Waals surface area contributed by atoms with Crippen LogP contribution in [0.5, 0.6) is 0 Å². The molecule has 1 saturated heterocycles. The molecule has 0 aliphatic carbocycles. The zero-order valence-corrected chi connectivity index (χ0v) is 12.3. The van der Waals surface area contributed by atoms with E-state index >= 15 is 0 Å². The summed E-state index contributed by atoms with van der Waals surface area (Å²) < 4.78 is 0. The van der Waals surface area contributed by atoms with Crippen LogP contribution in [0.4, 0.5) is 0 Å². The molecule has 106 valence electrons. The van der Waals surface area contributed by atoms with Gasteiger partial charge in [-0.15, -0.1) is 0 Å². The van der Waals surface area contributed by atoms with Crippen LogP contribution in [0.3, 0.4) is 0 Å². The third-order valence-electron chi connectivity index (χ3n) is 3.76. The summed E-state index contributed by atoms with van der Waals surface area (Å²) in [4.78, 5) is 14.0. The summed E-state index contributed by atoms with van der Waals surface area (Å²) in [6.45, 7) is 9.98. The molecule has 2 N–H and O–H groups in total. The molecule has 18 heavy (non-hydrogen) atoms. The smallest absolute Gasteiger partial charge is 0.233 e. The van der Waals surface area contributed by atoms with Crippen molar-refractivity contribution in [3.05, 3.63) is 0 Å². The number of amides is 1. The summed E-state index contributed by atoms with van der Waals surface area (Å²) in [6.07, 6.45) is 2.47. The van der Waals surface area contributed by atoms with Gasteiger partial charge in [-0.2, -0.15) is 0 Å². The van der Waals surface area contributed by atoms with E-state index < -0.39 is 0 Å². The largest absolute Gasteiger partial charge is 0.355 e. The number of carbonyl (C=O) groups is 1. The number of piperidine rings is 1. The Balaban J connectivity index is 2.16. The molecule has 1 aliphatic rings. The first-order chi connectivity index (χ1) is 8.49. The van der Waals surface area contributed by atoms with E-state index in [0.29, 0.717) is 24.4 Å². The second kappa shape index (κ2) is 7.74. The van der Waals surface area contributed by atoms with Gasteiger partial charge in [0.1, 0.15) is 0 Å². The van der Waals surface area contributed by atoms with E-state index in [1.807, 2.05) is 0 Å². The maximum Gasteiger partial charge on any atom is 0.233 e. The van der Waals surface area contributed by atoms with E-state index in [1.165, 1.54) is 25.9 Å². The second-order valence-electron chi connectivity index (χ2n) is 6.01. The summed E-state index contributed by atoms with van der Waals surface area (Å²) in [5.74, 6) is 1.34. The van der Waals surface area contributed by atoms with Gasteiger partial charge in [0.05, 0.1) is 6.54 Å². The lowest BCUT2D eigenvalue weighted by Gasteiger charge is -2.33. The normalized spacial score (nSPS) is 20.1. The Morgan fingerprint density at radius 2 is 1.89 bits per heavy atom. The minimum absolute atomic E-state index is 0.114. The van der Waals surface area contributed by atoms with Crippen molar-refractivity contribution in [1.82, 2.24) is 15.5 Å². The zero-order chi connectivity index (χ0) is 13.5. The molecule has 1 unspecified atom stereocenters. The fourth-order valence-corrected chi connectivity index (χ4v) is 2.33. The van der Waals surface area contributed by atoms with Crippen LogP contribution in [-0.4, -0.2) is 50.1 Å². The van der Waals surface area contributed by atoms with Crippen LogP contribution >= 0.6 is 0 Å². The Bertz CT molecular complexity index is 247. The molecule has 0 spiro atoms. The Hall–Kier alpha value is -0.610. The van der Waals surface area contributed by atoms with Crippen LogP contribution < -0.4 is 10.6 Å². The van der Waals surface area contributed by atoms with Crippen LogP contribution in [0.25, 0.3) is 0 Å². The van der Waals surface area contributed by atoms with E-state index in [1.54, 1.807) is 0 Å². The number of carbonyl (C=O) groups excluding carboxylic acids is 1. The average Bonchev–Trinajstić information content (AvgIpc) is 2.34. The highest BCUT2D eigenvalue weighted by molar-refractivity contribution is 5.77. The molecule has 1 aliphatic heterocycles. The molecule has 1 amide bonds. The molecule has 1 atom stereocenters. The van der Waals surface area contributed by atoms with Gasteiger partial charge in [0, 0.05) is 12.6 Å². The van der Waals surface area contributed by atoms with Crippen molar-refractivity contribution in [1.29, 1.82) is 0 Å². The van der Waals surface area contributed by atoms with Crippen molar-refractivity contribution in [2.45, 2.75) is 39.7 Å². The van der Waals surface area contributed by atoms with Gasteiger partial charge in [0.15, 0.2) is 0 Å². The molecule has 4 nitrogen and oxygen atoms in total. The fraction of sp³-hybridized carbons (Fsp3) is 0.929. The highest BCUT2D eigenvalue weighted by Crippen LogP contribution is 2.19. The zero-order valence-electron chi connectivity index (χ0n) is 12.3. The van der Waals surface area contributed by atoms with Gasteiger partial charge in [0.25, 0.3) is 0 Å². The first-order valence-electron chi connectivity index (χ1n) is 7.17. The van der Waals surface area contributed by atoms with Gasteiger partial charge in [-0.25, -0.2) is 0 Å². The first kappa shape index (κ1) is 15.4. The van der Waals surface area contributed by atoms with Crippen LogP contribution in [-0.2, 0) is 4.79 Å². The SMILES string of the molecule is CC(C)CNC(=O)CNC(C)C1CCN(C)CC1. The van der Waals surface area contributed by atoms with E-state index in [2.05, 4.69) is 43.4 Å². The fourth-order valence-electron chi connectivity index (χ4n) is 2.33. The standard InChI is InChI=1S/C14H29N3O/c1-11(2)9-16-14(18)10-15-12(3)13-5-7-17(4)8-6-13/h11-13,15H,5-10H2,1-4H3,(H,16,18). The van der Waals surface area contributed by atoms with Gasteiger partial charge >= 0.3 is 0 Å². The Morgan fingerprint density at radius 3 is 2.44 bits per heavy atom.